The number of benzene rings is 4. The molecule has 1 atom stereocenters. The monoisotopic (exact) mass is 691 g/mol. The van der Waals surface area contributed by atoms with Gasteiger partial charge in [0.1, 0.15) is 12.6 Å². The van der Waals surface area contributed by atoms with Gasteiger partial charge in [0.2, 0.25) is 11.8 Å². The first kappa shape index (κ1) is 34.5. The SMILES string of the molecule is Cc1ccccc1CN(C(=O)CN(c1cccc(Cl)c1)S(=O)(=O)c1ccc(Cl)cc1)C(Cc1ccccc1)C(=O)NC1CCCCC1. The molecule has 246 valence electrons. The molecule has 47 heavy (non-hydrogen) atoms. The molecule has 0 bridgehead atoms. The maximum atomic E-state index is 14.7. The van der Waals surface area contributed by atoms with Crippen LogP contribution in [0, 0.1) is 6.92 Å². The van der Waals surface area contributed by atoms with E-state index in [9.17, 15) is 18.0 Å². The zero-order chi connectivity index (χ0) is 33.4. The Kier molecular flexibility index (Phi) is 11.6. The van der Waals surface area contributed by atoms with Crippen molar-refractivity contribution in [3.05, 3.63) is 130 Å². The van der Waals surface area contributed by atoms with Crippen molar-refractivity contribution in [3.63, 3.8) is 0 Å². The van der Waals surface area contributed by atoms with Gasteiger partial charge in [-0.1, -0.05) is 103 Å². The summed E-state index contributed by atoms with van der Waals surface area (Å²) in [5.74, 6) is -0.775. The molecule has 1 fully saturated rings. The van der Waals surface area contributed by atoms with Crippen LogP contribution in [0.1, 0.15) is 48.8 Å². The smallest absolute Gasteiger partial charge is 0.264 e. The third kappa shape index (κ3) is 8.95. The molecule has 1 saturated carbocycles. The highest BCUT2D eigenvalue weighted by atomic mass is 35.5. The molecule has 1 aliphatic carbocycles. The lowest BCUT2D eigenvalue weighted by molar-refractivity contribution is -0.140. The first-order chi connectivity index (χ1) is 22.6. The van der Waals surface area contributed by atoms with E-state index in [0.29, 0.717) is 10.0 Å². The predicted octanol–water partition coefficient (Wildman–Crippen LogP) is 7.59. The number of anilines is 1. The topological polar surface area (TPSA) is 86.8 Å². The fraction of sp³-hybridized carbons (Fsp3) is 0.297. The molecule has 10 heteroatoms. The van der Waals surface area contributed by atoms with E-state index in [0.717, 1.165) is 53.1 Å². The lowest BCUT2D eigenvalue weighted by Gasteiger charge is -2.35. The Morgan fingerprint density at radius 3 is 2.19 bits per heavy atom. The van der Waals surface area contributed by atoms with Gasteiger partial charge in [-0.2, -0.15) is 0 Å². The Balaban J connectivity index is 1.57. The zero-order valence-electron chi connectivity index (χ0n) is 26.3. The second kappa shape index (κ2) is 15.8. The summed E-state index contributed by atoms with van der Waals surface area (Å²) in [7, 11) is -4.26. The Hall–Kier alpha value is -3.85. The summed E-state index contributed by atoms with van der Waals surface area (Å²) in [6.45, 7) is 1.51. The Morgan fingerprint density at radius 2 is 1.51 bits per heavy atom. The van der Waals surface area contributed by atoms with Crippen LogP contribution in [0.15, 0.2) is 108 Å². The van der Waals surface area contributed by atoms with Gasteiger partial charge in [0, 0.05) is 29.1 Å². The van der Waals surface area contributed by atoms with E-state index in [1.807, 2.05) is 61.5 Å². The number of amides is 2. The van der Waals surface area contributed by atoms with Crippen molar-refractivity contribution in [2.24, 2.45) is 0 Å². The molecule has 0 saturated heterocycles. The van der Waals surface area contributed by atoms with Crippen molar-refractivity contribution in [2.45, 2.75) is 69.0 Å². The van der Waals surface area contributed by atoms with Crippen LogP contribution < -0.4 is 9.62 Å². The summed E-state index contributed by atoms with van der Waals surface area (Å²) in [5, 5.41) is 3.93. The molecular formula is C37H39Cl2N3O4S. The van der Waals surface area contributed by atoms with Crippen LogP contribution in [0.4, 0.5) is 5.69 Å². The molecule has 2 amide bonds. The van der Waals surface area contributed by atoms with Crippen LogP contribution in [0.3, 0.4) is 0 Å². The zero-order valence-corrected chi connectivity index (χ0v) is 28.6. The molecular weight excluding hydrogens is 653 g/mol. The van der Waals surface area contributed by atoms with E-state index in [1.54, 1.807) is 18.2 Å². The van der Waals surface area contributed by atoms with E-state index >= 15 is 0 Å². The molecule has 1 N–H and O–H groups in total. The van der Waals surface area contributed by atoms with Gasteiger partial charge in [-0.15, -0.1) is 0 Å². The van der Waals surface area contributed by atoms with E-state index < -0.39 is 28.5 Å². The standard InChI is InChI=1S/C37H39Cl2N3O4S/c1-27-11-8-9-14-29(27)25-41(35(23-28-12-4-2-5-13-28)37(44)40-32-16-6-3-7-17-32)36(43)26-42(33-18-10-15-31(39)24-33)47(45,46)34-21-19-30(38)20-22-34/h2,4-5,8-15,18-22,24,32,35H,3,6-7,16-17,23,25-26H2,1H3,(H,40,44). The summed E-state index contributed by atoms with van der Waals surface area (Å²) in [5.41, 5.74) is 2.93. The van der Waals surface area contributed by atoms with Gasteiger partial charge in [0.05, 0.1) is 10.6 Å². The summed E-state index contributed by atoms with van der Waals surface area (Å²) in [6, 6.07) is 28.5. The minimum absolute atomic E-state index is 0.0261. The lowest BCUT2D eigenvalue weighted by Crippen LogP contribution is -2.55. The number of sulfonamides is 1. The molecule has 0 heterocycles. The first-order valence-corrected chi connectivity index (χ1v) is 18.0. The quantitative estimate of drug-likeness (QED) is 0.166. The van der Waals surface area contributed by atoms with Crippen LogP contribution in [0.25, 0.3) is 0 Å². The number of carbonyl (C=O) groups is 2. The Bertz CT molecular complexity index is 1780. The van der Waals surface area contributed by atoms with Crippen LogP contribution in [0.2, 0.25) is 10.0 Å². The van der Waals surface area contributed by atoms with Crippen LogP contribution >= 0.6 is 23.2 Å². The van der Waals surface area contributed by atoms with E-state index in [-0.39, 0.29) is 35.5 Å². The summed E-state index contributed by atoms with van der Waals surface area (Å²) in [4.78, 5) is 30.4. The molecule has 0 aliphatic heterocycles. The van der Waals surface area contributed by atoms with E-state index in [4.69, 9.17) is 23.2 Å². The lowest BCUT2D eigenvalue weighted by atomic mass is 9.94. The molecule has 0 radical (unpaired) electrons. The van der Waals surface area contributed by atoms with Gasteiger partial charge in [0.25, 0.3) is 10.0 Å². The normalized spacial score (nSPS) is 14.3. The fourth-order valence-corrected chi connectivity index (χ4v) is 7.68. The maximum Gasteiger partial charge on any atom is 0.264 e. The van der Waals surface area contributed by atoms with Crippen molar-refractivity contribution in [1.29, 1.82) is 0 Å². The molecule has 0 aromatic heterocycles. The van der Waals surface area contributed by atoms with Crippen LogP contribution in [0.5, 0.6) is 0 Å². The highest BCUT2D eigenvalue weighted by molar-refractivity contribution is 7.92. The average molecular weight is 693 g/mol. The summed E-state index contributed by atoms with van der Waals surface area (Å²) in [6.07, 6.45) is 5.25. The van der Waals surface area contributed by atoms with Gasteiger partial charge in [-0.3, -0.25) is 13.9 Å². The molecule has 5 rings (SSSR count). The van der Waals surface area contributed by atoms with Crippen molar-refractivity contribution in [1.82, 2.24) is 10.2 Å². The second-order valence-electron chi connectivity index (χ2n) is 11.9. The highest BCUT2D eigenvalue weighted by Crippen LogP contribution is 2.28. The van der Waals surface area contributed by atoms with Crippen LogP contribution in [-0.2, 0) is 32.6 Å². The second-order valence-corrected chi connectivity index (χ2v) is 14.7. The van der Waals surface area contributed by atoms with E-state index in [1.165, 1.54) is 35.2 Å². The number of rotatable bonds is 12. The molecule has 1 unspecified atom stereocenters. The van der Waals surface area contributed by atoms with Crippen molar-refractivity contribution < 1.29 is 18.0 Å². The number of nitrogens with zero attached hydrogens (tertiary/aromatic N) is 2. The number of hydrogen-bond donors (Lipinski definition) is 1. The van der Waals surface area contributed by atoms with Gasteiger partial charge in [-0.05, 0) is 78.9 Å². The molecule has 0 spiro atoms. The largest absolute Gasteiger partial charge is 0.352 e. The molecule has 4 aromatic rings. The van der Waals surface area contributed by atoms with Crippen LogP contribution in [-0.4, -0.2) is 43.8 Å². The van der Waals surface area contributed by atoms with Crippen molar-refractivity contribution >= 4 is 50.7 Å². The van der Waals surface area contributed by atoms with Crippen molar-refractivity contribution in [3.8, 4) is 0 Å². The van der Waals surface area contributed by atoms with Gasteiger partial charge in [-0.25, -0.2) is 8.42 Å². The van der Waals surface area contributed by atoms with Gasteiger partial charge >= 0.3 is 0 Å². The maximum absolute atomic E-state index is 14.7. The number of nitrogens with one attached hydrogen (secondary N) is 1. The number of carbonyl (C=O) groups excluding carboxylic acids is 2. The number of hydrogen-bond acceptors (Lipinski definition) is 4. The Morgan fingerprint density at radius 1 is 0.830 bits per heavy atom. The van der Waals surface area contributed by atoms with E-state index in [2.05, 4.69) is 5.32 Å². The summed E-state index contributed by atoms with van der Waals surface area (Å²) < 4.78 is 29.4. The summed E-state index contributed by atoms with van der Waals surface area (Å²) >= 11 is 12.4. The first-order valence-electron chi connectivity index (χ1n) is 15.8. The highest BCUT2D eigenvalue weighted by Gasteiger charge is 2.35. The molecule has 1 aliphatic rings. The molecule has 7 nitrogen and oxygen atoms in total. The number of aryl methyl sites for hydroxylation is 1. The third-order valence-electron chi connectivity index (χ3n) is 8.60. The average Bonchev–Trinajstić information content (AvgIpc) is 3.07. The fourth-order valence-electron chi connectivity index (χ4n) is 5.96. The molecule has 4 aromatic carbocycles. The van der Waals surface area contributed by atoms with Gasteiger partial charge < -0.3 is 10.2 Å². The van der Waals surface area contributed by atoms with Crippen molar-refractivity contribution in [2.75, 3.05) is 10.8 Å². The minimum Gasteiger partial charge on any atom is -0.352 e. The Labute approximate surface area is 287 Å². The van der Waals surface area contributed by atoms with Gasteiger partial charge in [0.15, 0.2) is 0 Å². The number of halogens is 2. The minimum atomic E-state index is -4.26. The third-order valence-corrected chi connectivity index (χ3v) is 10.9. The predicted molar refractivity (Wildman–Crippen MR) is 188 cm³/mol.